The summed E-state index contributed by atoms with van der Waals surface area (Å²) < 4.78 is 0. The van der Waals surface area contributed by atoms with E-state index in [1.54, 1.807) is 0 Å². The van der Waals surface area contributed by atoms with E-state index in [9.17, 15) is 14.7 Å². The van der Waals surface area contributed by atoms with Crippen molar-refractivity contribution in [2.45, 2.75) is 13.0 Å². The first-order chi connectivity index (χ1) is 9.97. The molecule has 1 aromatic carbocycles. The predicted octanol–water partition coefficient (Wildman–Crippen LogP) is 3.03. The molecule has 0 aliphatic heterocycles. The molecule has 2 rings (SSSR count). The standard InChI is InChI=1S/C14H14N2O4S/c1-8(12-3-2-6-21-12)15-14(20)16-11-5-4-9(17)7-10(11)13(18)19/h2-8,17H,1H3,(H,18,19)(H2,15,16,20). The Kier molecular flexibility index (Phi) is 4.44. The lowest BCUT2D eigenvalue weighted by molar-refractivity contribution is 0.0697. The quantitative estimate of drug-likeness (QED) is 0.652. The molecular weight excluding hydrogens is 292 g/mol. The molecule has 1 unspecified atom stereocenters. The molecule has 0 aliphatic carbocycles. The Hall–Kier alpha value is -2.54. The second kappa shape index (κ2) is 6.27. The molecule has 0 fully saturated rings. The van der Waals surface area contributed by atoms with Gasteiger partial charge in [-0.1, -0.05) is 6.07 Å². The van der Waals surface area contributed by atoms with Crippen LogP contribution in [0.1, 0.15) is 28.2 Å². The molecule has 0 saturated carbocycles. The number of hydrogen-bond acceptors (Lipinski definition) is 4. The normalized spacial score (nSPS) is 11.7. The minimum atomic E-state index is -1.23. The van der Waals surface area contributed by atoms with Gasteiger partial charge in [0.1, 0.15) is 5.75 Å². The zero-order valence-corrected chi connectivity index (χ0v) is 12.0. The van der Waals surface area contributed by atoms with E-state index in [-0.39, 0.29) is 23.0 Å². The van der Waals surface area contributed by atoms with E-state index in [4.69, 9.17) is 5.11 Å². The third-order valence-corrected chi connectivity index (χ3v) is 3.85. The van der Waals surface area contributed by atoms with E-state index in [1.165, 1.54) is 23.5 Å². The van der Waals surface area contributed by atoms with Crippen molar-refractivity contribution in [3.05, 3.63) is 46.2 Å². The van der Waals surface area contributed by atoms with Crippen molar-refractivity contribution in [2.75, 3.05) is 5.32 Å². The number of benzene rings is 1. The highest BCUT2D eigenvalue weighted by Gasteiger charge is 2.15. The highest BCUT2D eigenvalue weighted by Crippen LogP contribution is 2.22. The first-order valence-electron chi connectivity index (χ1n) is 6.14. The van der Waals surface area contributed by atoms with Crippen molar-refractivity contribution < 1.29 is 19.8 Å². The number of hydrogen-bond donors (Lipinski definition) is 4. The molecule has 0 aliphatic rings. The van der Waals surface area contributed by atoms with Crippen LogP contribution in [0.5, 0.6) is 5.75 Å². The van der Waals surface area contributed by atoms with Gasteiger partial charge in [-0.3, -0.25) is 0 Å². The summed E-state index contributed by atoms with van der Waals surface area (Å²) in [5, 5.41) is 25.5. The van der Waals surface area contributed by atoms with Crippen LogP contribution >= 0.6 is 11.3 Å². The van der Waals surface area contributed by atoms with Crippen LogP contribution in [0.3, 0.4) is 0 Å². The van der Waals surface area contributed by atoms with Gasteiger partial charge in [0.05, 0.1) is 17.3 Å². The third-order valence-electron chi connectivity index (χ3n) is 2.80. The summed E-state index contributed by atoms with van der Waals surface area (Å²) in [7, 11) is 0. The van der Waals surface area contributed by atoms with Gasteiger partial charge in [-0.2, -0.15) is 0 Å². The number of anilines is 1. The Labute approximate surface area is 125 Å². The van der Waals surface area contributed by atoms with Crippen molar-refractivity contribution in [3.8, 4) is 5.75 Å². The fraction of sp³-hybridized carbons (Fsp3) is 0.143. The second-order valence-electron chi connectivity index (χ2n) is 4.37. The van der Waals surface area contributed by atoms with Gasteiger partial charge in [-0.25, -0.2) is 9.59 Å². The Bertz CT molecular complexity index is 655. The van der Waals surface area contributed by atoms with Crippen molar-refractivity contribution in [3.63, 3.8) is 0 Å². The molecule has 2 aromatic rings. The predicted molar refractivity (Wildman–Crippen MR) is 80.0 cm³/mol. The highest BCUT2D eigenvalue weighted by atomic mass is 32.1. The maximum absolute atomic E-state index is 11.9. The van der Waals surface area contributed by atoms with Crippen LogP contribution in [0.2, 0.25) is 0 Å². The molecule has 0 bridgehead atoms. The number of carboxylic acid groups (broad SMARTS) is 1. The number of urea groups is 1. The molecule has 0 radical (unpaired) electrons. The number of rotatable bonds is 4. The lowest BCUT2D eigenvalue weighted by atomic mass is 10.1. The monoisotopic (exact) mass is 306 g/mol. The molecule has 1 atom stereocenters. The summed E-state index contributed by atoms with van der Waals surface area (Å²) in [6, 6.07) is 6.83. The molecule has 2 amide bonds. The fourth-order valence-corrected chi connectivity index (χ4v) is 2.52. The van der Waals surface area contributed by atoms with Gasteiger partial charge >= 0.3 is 12.0 Å². The second-order valence-corrected chi connectivity index (χ2v) is 5.35. The molecular formula is C14H14N2O4S. The number of carboxylic acids is 1. The van der Waals surface area contributed by atoms with Gasteiger partial charge in [-0.05, 0) is 36.6 Å². The number of phenolic OH excluding ortho intramolecular Hbond substituents is 1. The largest absolute Gasteiger partial charge is 0.508 e. The fourth-order valence-electron chi connectivity index (χ4n) is 1.78. The van der Waals surface area contributed by atoms with Crippen LogP contribution < -0.4 is 10.6 Å². The van der Waals surface area contributed by atoms with Gasteiger partial charge in [0.15, 0.2) is 0 Å². The van der Waals surface area contributed by atoms with Gasteiger partial charge < -0.3 is 20.8 Å². The van der Waals surface area contributed by atoms with Crippen LogP contribution in [-0.2, 0) is 0 Å². The number of aromatic hydroxyl groups is 1. The maximum Gasteiger partial charge on any atom is 0.337 e. The van der Waals surface area contributed by atoms with Gasteiger partial charge in [0.25, 0.3) is 0 Å². The van der Waals surface area contributed by atoms with E-state index in [2.05, 4.69) is 10.6 Å². The number of aromatic carboxylic acids is 1. The van der Waals surface area contributed by atoms with Crippen molar-refractivity contribution in [2.24, 2.45) is 0 Å². The maximum atomic E-state index is 11.9. The number of phenols is 1. The Balaban J connectivity index is 2.08. The van der Waals surface area contributed by atoms with Crippen molar-refractivity contribution in [1.29, 1.82) is 0 Å². The zero-order valence-electron chi connectivity index (χ0n) is 11.2. The molecule has 0 spiro atoms. The van der Waals surface area contributed by atoms with Crippen LogP contribution in [0.25, 0.3) is 0 Å². The molecule has 7 heteroatoms. The third kappa shape index (κ3) is 3.73. The smallest absolute Gasteiger partial charge is 0.337 e. The molecule has 21 heavy (non-hydrogen) atoms. The van der Waals surface area contributed by atoms with Crippen LogP contribution in [-0.4, -0.2) is 22.2 Å². The lowest BCUT2D eigenvalue weighted by Gasteiger charge is -2.14. The minimum Gasteiger partial charge on any atom is -0.508 e. The Morgan fingerprint density at radius 1 is 1.29 bits per heavy atom. The summed E-state index contributed by atoms with van der Waals surface area (Å²) in [4.78, 5) is 24.0. The van der Waals surface area contributed by atoms with Gasteiger partial charge in [0, 0.05) is 4.88 Å². The Morgan fingerprint density at radius 2 is 2.05 bits per heavy atom. The summed E-state index contributed by atoms with van der Waals surface area (Å²) in [5.74, 6) is -1.40. The van der Waals surface area contributed by atoms with E-state index in [0.717, 1.165) is 10.9 Å². The number of thiophene rings is 1. The van der Waals surface area contributed by atoms with Crippen LogP contribution in [0.4, 0.5) is 10.5 Å². The number of nitrogens with one attached hydrogen (secondary N) is 2. The molecule has 1 aromatic heterocycles. The lowest BCUT2D eigenvalue weighted by Crippen LogP contribution is -2.31. The van der Waals surface area contributed by atoms with Gasteiger partial charge in [-0.15, -0.1) is 11.3 Å². The van der Waals surface area contributed by atoms with Crippen LogP contribution in [0, 0.1) is 0 Å². The summed E-state index contributed by atoms with van der Waals surface area (Å²) >= 11 is 1.52. The summed E-state index contributed by atoms with van der Waals surface area (Å²) in [6.07, 6.45) is 0. The topological polar surface area (TPSA) is 98.7 Å². The number of carbonyl (C=O) groups excluding carboxylic acids is 1. The summed E-state index contributed by atoms with van der Waals surface area (Å²) in [6.45, 7) is 1.83. The first kappa shape index (κ1) is 14.9. The molecule has 110 valence electrons. The van der Waals surface area contributed by atoms with E-state index >= 15 is 0 Å². The molecule has 6 nitrogen and oxygen atoms in total. The SMILES string of the molecule is CC(NC(=O)Nc1ccc(O)cc1C(=O)O)c1cccs1. The number of carbonyl (C=O) groups is 2. The van der Waals surface area contributed by atoms with E-state index in [1.807, 2.05) is 24.4 Å². The average Bonchev–Trinajstić information content (AvgIpc) is 2.94. The highest BCUT2D eigenvalue weighted by molar-refractivity contribution is 7.10. The molecule has 0 saturated heterocycles. The summed E-state index contributed by atoms with van der Waals surface area (Å²) in [5.41, 5.74) is -0.0508. The van der Waals surface area contributed by atoms with Crippen molar-refractivity contribution in [1.82, 2.24) is 5.32 Å². The zero-order chi connectivity index (χ0) is 15.4. The molecule has 1 heterocycles. The van der Waals surface area contributed by atoms with Crippen molar-refractivity contribution >= 4 is 29.0 Å². The number of amides is 2. The Morgan fingerprint density at radius 3 is 2.67 bits per heavy atom. The molecule has 4 N–H and O–H groups in total. The van der Waals surface area contributed by atoms with Crippen LogP contribution in [0.15, 0.2) is 35.7 Å². The average molecular weight is 306 g/mol. The van der Waals surface area contributed by atoms with E-state index < -0.39 is 12.0 Å². The van der Waals surface area contributed by atoms with Gasteiger partial charge in [0.2, 0.25) is 0 Å². The van der Waals surface area contributed by atoms with E-state index in [0.29, 0.717) is 0 Å². The minimum absolute atomic E-state index is 0.121. The first-order valence-corrected chi connectivity index (χ1v) is 7.02.